The van der Waals surface area contributed by atoms with Crippen molar-refractivity contribution in [2.45, 2.75) is 47.8 Å². The Morgan fingerprint density at radius 1 is 1.17 bits per heavy atom. The number of rotatable bonds is 8. The number of nitrogens with two attached hydrogens (primary N) is 2. The molecule has 5 N–H and O–H groups in total. The average Bonchev–Trinajstić information content (AvgIpc) is 3.44. The number of primary sulfonamides is 1. The molecule has 11 nitrogen and oxygen atoms in total. The number of nitriles is 1. The van der Waals surface area contributed by atoms with Crippen molar-refractivity contribution in [2.75, 3.05) is 16.0 Å². The number of sulfonamides is 1. The molecule has 2 heterocycles. The molecule has 0 radical (unpaired) electrons. The lowest BCUT2D eigenvalue weighted by Gasteiger charge is -2.38. The molecule has 1 aliphatic carbocycles. The van der Waals surface area contributed by atoms with E-state index in [1.807, 2.05) is 24.3 Å². The Morgan fingerprint density at radius 3 is 2.52 bits per heavy atom. The van der Waals surface area contributed by atoms with Gasteiger partial charge in [0, 0.05) is 23.4 Å². The number of hydrogen-bond donors (Lipinski definition) is 3. The van der Waals surface area contributed by atoms with E-state index in [0.29, 0.717) is 40.0 Å². The van der Waals surface area contributed by atoms with E-state index in [0.717, 1.165) is 35.0 Å². The summed E-state index contributed by atoms with van der Waals surface area (Å²) in [5.41, 5.74) is 10.6. The van der Waals surface area contributed by atoms with Gasteiger partial charge in [-0.2, -0.15) is 5.26 Å². The number of nitrogens with one attached hydrogen (secondary N) is 1. The summed E-state index contributed by atoms with van der Waals surface area (Å²) < 4.78 is 23.3. The highest BCUT2D eigenvalue weighted by Crippen LogP contribution is 2.47. The lowest BCUT2D eigenvalue weighted by Crippen LogP contribution is -2.38. The number of aryl methyl sites for hydroxylation is 1. The highest BCUT2D eigenvalue weighted by molar-refractivity contribution is 8.01. The van der Waals surface area contributed by atoms with Gasteiger partial charge in [-0.3, -0.25) is 14.5 Å². The first kappa shape index (κ1) is 29.5. The Morgan fingerprint density at radius 2 is 1.88 bits per heavy atom. The quantitative estimate of drug-likeness (QED) is 0.313. The van der Waals surface area contributed by atoms with Crippen LogP contribution in [0.2, 0.25) is 0 Å². The molecule has 0 saturated heterocycles. The first-order valence-corrected chi connectivity index (χ1v) is 16.4. The van der Waals surface area contributed by atoms with E-state index in [9.17, 15) is 23.3 Å². The molecule has 0 spiro atoms. The van der Waals surface area contributed by atoms with Crippen molar-refractivity contribution in [3.8, 4) is 6.07 Å². The van der Waals surface area contributed by atoms with E-state index in [2.05, 4.69) is 28.5 Å². The van der Waals surface area contributed by atoms with E-state index < -0.39 is 15.9 Å². The van der Waals surface area contributed by atoms with Crippen molar-refractivity contribution in [2.24, 2.45) is 10.9 Å². The summed E-state index contributed by atoms with van der Waals surface area (Å²) in [4.78, 5) is 27.4. The molecule has 0 bridgehead atoms. The number of ketones is 1. The molecule has 2 aromatic carbocycles. The Hall–Kier alpha value is -4.03. The summed E-state index contributed by atoms with van der Waals surface area (Å²) in [5, 5.41) is 26.9. The van der Waals surface area contributed by atoms with Crippen LogP contribution in [0.25, 0.3) is 0 Å². The van der Waals surface area contributed by atoms with Gasteiger partial charge in [-0.15, -0.1) is 10.2 Å². The molecular formula is C28H27N7O4S3. The number of Topliss-reactive ketones (excluding diaryl/α,β-unsaturated/α-hetero) is 1. The molecule has 0 saturated carbocycles. The Kier molecular flexibility index (Phi) is 8.46. The summed E-state index contributed by atoms with van der Waals surface area (Å²) in [5.74, 6) is -0.667. The molecule has 1 aliphatic heterocycles. The second-order valence-corrected chi connectivity index (χ2v) is 13.4. The highest BCUT2D eigenvalue weighted by atomic mass is 32.2. The first-order chi connectivity index (χ1) is 20.1. The molecule has 216 valence electrons. The SMILES string of the molecule is CCc1ccc(C2C(C#N)=C(N)N(c3nnc(SCC(=O)Nc4ccc(S(N)(=O)=O)cc4)s3)C3=C2C(=O)CCC3)cc1. The molecule has 1 aromatic heterocycles. The molecule has 5 rings (SSSR count). The number of carbonyl (C=O) groups is 2. The van der Waals surface area contributed by atoms with Crippen molar-refractivity contribution in [3.63, 3.8) is 0 Å². The maximum absolute atomic E-state index is 13.3. The van der Waals surface area contributed by atoms with Crippen molar-refractivity contribution in [3.05, 3.63) is 82.3 Å². The third kappa shape index (κ3) is 5.95. The lowest BCUT2D eigenvalue weighted by molar-refractivity contribution is -0.116. The number of benzene rings is 2. The van der Waals surface area contributed by atoms with Crippen LogP contribution in [-0.4, -0.2) is 36.1 Å². The van der Waals surface area contributed by atoms with Crippen molar-refractivity contribution in [1.82, 2.24) is 10.2 Å². The van der Waals surface area contributed by atoms with E-state index in [1.165, 1.54) is 35.6 Å². The van der Waals surface area contributed by atoms with Gasteiger partial charge in [0.05, 0.1) is 28.2 Å². The standard InChI is InChI=1S/C28H27N7O4S3/c1-2-16-6-8-17(9-7-16)24-20(14-29)26(30)35(21-4-3-5-22(36)25(21)24)27-33-34-28(41-27)40-15-23(37)32-18-10-12-19(13-11-18)42(31,38)39/h6-13,24H,2-5,15,30H2,1H3,(H,32,37)(H2,31,38,39). The minimum Gasteiger partial charge on any atom is -0.384 e. The molecule has 42 heavy (non-hydrogen) atoms. The molecule has 1 amide bonds. The minimum absolute atomic E-state index is 0.0149. The van der Waals surface area contributed by atoms with Crippen LogP contribution in [0.15, 0.2) is 80.4 Å². The van der Waals surface area contributed by atoms with Gasteiger partial charge < -0.3 is 11.1 Å². The predicted molar refractivity (Wildman–Crippen MR) is 161 cm³/mol. The number of nitrogens with zero attached hydrogens (tertiary/aromatic N) is 4. The molecule has 0 fully saturated rings. The summed E-state index contributed by atoms with van der Waals surface area (Å²) in [6, 6.07) is 15.7. The largest absolute Gasteiger partial charge is 0.384 e. The zero-order valence-electron chi connectivity index (χ0n) is 22.5. The summed E-state index contributed by atoms with van der Waals surface area (Å²) >= 11 is 2.37. The molecule has 3 aromatic rings. The number of anilines is 2. The predicted octanol–water partition coefficient (Wildman–Crippen LogP) is 3.78. The van der Waals surface area contributed by atoms with Gasteiger partial charge in [0.1, 0.15) is 5.82 Å². The van der Waals surface area contributed by atoms with Crippen molar-refractivity contribution < 1.29 is 18.0 Å². The zero-order chi connectivity index (χ0) is 30.0. The van der Waals surface area contributed by atoms with E-state index in [1.54, 1.807) is 4.90 Å². The van der Waals surface area contributed by atoms with Crippen molar-refractivity contribution >= 4 is 55.6 Å². The molecular weight excluding hydrogens is 595 g/mol. The zero-order valence-corrected chi connectivity index (χ0v) is 25.0. The maximum atomic E-state index is 13.3. The van der Waals surface area contributed by atoms with Gasteiger partial charge in [0.2, 0.25) is 21.1 Å². The van der Waals surface area contributed by atoms with Gasteiger partial charge in [-0.05, 0) is 54.7 Å². The monoisotopic (exact) mass is 621 g/mol. The molecule has 1 unspecified atom stereocenters. The number of amides is 1. The third-order valence-electron chi connectivity index (χ3n) is 7.02. The van der Waals surface area contributed by atoms with Gasteiger partial charge in [0.25, 0.3) is 0 Å². The van der Waals surface area contributed by atoms with Gasteiger partial charge in [0.15, 0.2) is 10.1 Å². The third-order valence-corrected chi connectivity index (χ3v) is 9.99. The Balaban J connectivity index is 1.37. The normalized spacial score (nSPS) is 17.2. The van der Waals surface area contributed by atoms with Crippen LogP contribution in [0.4, 0.5) is 10.8 Å². The summed E-state index contributed by atoms with van der Waals surface area (Å²) in [7, 11) is -3.83. The van der Waals surface area contributed by atoms with Crippen LogP contribution in [-0.2, 0) is 26.0 Å². The smallest absolute Gasteiger partial charge is 0.238 e. The van der Waals surface area contributed by atoms with E-state index in [-0.39, 0.29) is 33.7 Å². The lowest BCUT2D eigenvalue weighted by atomic mass is 9.75. The minimum atomic E-state index is -3.83. The average molecular weight is 622 g/mol. The summed E-state index contributed by atoms with van der Waals surface area (Å²) in [6.45, 7) is 2.07. The van der Waals surface area contributed by atoms with Gasteiger partial charge in [-0.25, -0.2) is 13.6 Å². The van der Waals surface area contributed by atoms with Crippen LogP contribution in [0, 0.1) is 11.3 Å². The molecule has 14 heteroatoms. The Bertz CT molecular complexity index is 1760. The number of aromatic nitrogens is 2. The Labute approximate surface area is 251 Å². The van der Waals surface area contributed by atoms with Gasteiger partial charge in [-0.1, -0.05) is 54.3 Å². The molecule has 1 atom stereocenters. The van der Waals surface area contributed by atoms with E-state index in [4.69, 9.17) is 10.9 Å². The maximum Gasteiger partial charge on any atom is 0.238 e. The van der Waals surface area contributed by atoms with Crippen LogP contribution >= 0.6 is 23.1 Å². The fourth-order valence-electron chi connectivity index (χ4n) is 4.99. The van der Waals surface area contributed by atoms with Crippen LogP contribution in [0.5, 0.6) is 0 Å². The number of carbonyl (C=O) groups excluding carboxylic acids is 2. The number of allylic oxidation sites excluding steroid dienone is 3. The van der Waals surface area contributed by atoms with E-state index >= 15 is 0 Å². The summed E-state index contributed by atoms with van der Waals surface area (Å²) in [6.07, 6.45) is 2.52. The second-order valence-electron chi connectivity index (χ2n) is 9.67. The number of thioether (sulfide) groups is 1. The fraction of sp³-hybridized carbons (Fsp3) is 0.250. The fourth-order valence-corrected chi connectivity index (χ4v) is 7.18. The second kappa shape index (κ2) is 12.1. The van der Waals surface area contributed by atoms with Crippen LogP contribution < -0.4 is 21.1 Å². The highest BCUT2D eigenvalue weighted by Gasteiger charge is 2.41. The van der Waals surface area contributed by atoms with Crippen molar-refractivity contribution in [1.29, 1.82) is 5.26 Å². The molecule has 2 aliphatic rings. The van der Waals surface area contributed by atoms with Crippen LogP contribution in [0.3, 0.4) is 0 Å². The first-order valence-electron chi connectivity index (χ1n) is 13.0. The number of hydrogen-bond acceptors (Lipinski definition) is 11. The topological polar surface area (TPSA) is 185 Å². The van der Waals surface area contributed by atoms with Gasteiger partial charge >= 0.3 is 0 Å². The van der Waals surface area contributed by atoms with Crippen LogP contribution in [0.1, 0.15) is 43.2 Å².